The van der Waals surface area contributed by atoms with Crippen LogP contribution in [0.1, 0.15) is 10.4 Å². The van der Waals surface area contributed by atoms with Gasteiger partial charge in [0.05, 0.1) is 28.8 Å². The molecule has 0 atom stereocenters. The van der Waals surface area contributed by atoms with E-state index in [1.807, 2.05) is 0 Å². The number of carbonyl (C=O) groups is 1. The molecule has 0 amide bonds. The molecule has 0 aliphatic heterocycles. The zero-order valence-corrected chi connectivity index (χ0v) is 13.9. The van der Waals surface area contributed by atoms with E-state index in [4.69, 9.17) is 9.88 Å². The highest BCUT2D eigenvalue weighted by atomic mass is 32.2. The van der Waals surface area contributed by atoms with Crippen LogP contribution in [0.3, 0.4) is 0 Å². The number of aromatic nitrogens is 2. The summed E-state index contributed by atoms with van der Waals surface area (Å²) in [5, 5.41) is 8.91. The quantitative estimate of drug-likeness (QED) is 0.681. The Kier molecular flexibility index (Phi) is 4.34. The number of esters is 1. The van der Waals surface area contributed by atoms with Crippen molar-refractivity contribution in [1.82, 2.24) is 9.97 Å². The molecule has 25 heavy (non-hydrogen) atoms. The van der Waals surface area contributed by atoms with Gasteiger partial charge in [-0.3, -0.25) is 0 Å². The number of nitrogens with two attached hydrogens (primary N) is 1. The minimum Gasteiger partial charge on any atom is -0.465 e. The number of hydrogen-bond acceptors (Lipinski definition) is 7. The average Bonchev–Trinajstić information content (AvgIpc) is 2.60. The van der Waals surface area contributed by atoms with Crippen LogP contribution in [0.5, 0.6) is 0 Å². The van der Waals surface area contributed by atoms with Crippen molar-refractivity contribution in [2.24, 2.45) is 5.14 Å². The molecule has 3 aromatic rings. The number of fused-ring (bicyclic) bond motifs is 1. The third-order valence-electron chi connectivity index (χ3n) is 3.51. The van der Waals surface area contributed by atoms with Crippen molar-refractivity contribution in [2.75, 3.05) is 12.4 Å². The van der Waals surface area contributed by atoms with Crippen molar-refractivity contribution in [3.63, 3.8) is 0 Å². The van der Waals surface area contributed by atoms with Gasteiger partial charge in [-0.05, 0) is 36.4 Å². The lowest BCUT2D eigenvalue weighted by Gasteiger charge is -2.11. The van der Waals surface area contributed by atoms with Gasteiger partial charge in [-0.2, -0.15) is 0 Å². The zero-order chi connectivity index (χ0) is 18.0. The number of ether oxygens (including phenoxy) is 1. The van der Waals surface area contributed by atoms with Gasteiger partial charge in [-0.1, -0.05) is 0 Å². The molecule has 0 spiro atoms. The Morgan fingerprint density at radius 1 is 1.20 bits per heavy atom. The lowest BCUT2D eigenvalue weighted by atomic mass is 10.1. The summed E-state index contributed by atoms with van der Waals surface area (Å²) in [6, 6.07) is 9.14. The number of anilines is 2. The summed E-state index contributed by atoms with van der Waals surface area (Å²) in [7, 11) is -2.46. The van der Waals surface area contributed by atoms with E-state index < -0.39 is 16.0 Å². The van der Waals surface area contributed by atoms with Crippen LogP contribution < -0.4 is 10.5 Å². The topological polar surface area (TPSA) is 124 Å². The first-order valence-corrected chi connectivity index (χ1v) is 8.65. The van der Waals surface area contributed by atoms with E-state index >= 15 is 0 Å². The Labute approximate surface area is 143 Å². The highest BCUT2D eigenvalue weighted by Crippen LogP contribution is 2.27. The Hall–Kier alpha value is -3.04. The van der Waals surface area contributed by atoms with Crippen LogP contribution in [-0.4, -0.2) is 31.5 Å². The second-order valence-corrected chi connectivity index (χ2v) is 6.73. The van der Waals surface area contributed by atoms with Gasteiger partial charge in [-0.15, -0.1) is 0 Å². The van der Waals surface area contributed by atoms with E-state index in [2.05, 4.69) is 15.3 Å². The smallest absolute Gasteiger partial charge is 0.338 e. The predicted octanol–water partition coefficient (Wildman–Crippen LogP) is 1.81. The second-order valence-electron chi connectivity index (χ2n) is 5.17. The number of sulfonamides is 1. The summed E-state index contributed by atoms with van der Waals surface area (Å²) in [5.74, 6) is -0.492. The molecule has 0 aliphatic carbocycles. The van der Waals surface area contributed by atoms with E-state index in [0.717, 1.165) is 0 Å². The van der Waals surface area contributed by atoms with Gasteiger partial charge in [0.2, 0.25) is 10.0 Å². The number of nitrogens with zero attached hydrogens (tertiary/aromatic N) is 2. The van der Waals surface area contributed by atoms with E-state index in [9.17, 15) is 13.2 Å². The van der Waals surface area contributed by atoms with E-state index in [0.29, 0.717) is 27.8 Å². The van der Waals surface area contributed by atoms with Crippen LogP contribution in [0.15, 0.2) is 53.8 Å². The number of rotatable bonds is 4. The Morgan fingerprint density at radius 2 is 1.92 bits per heavy atom. The van der Waals surface area contributed by atoms with Crippen LogP contribution in [0, 0.1) is 0 Å². The maximum atomic E-state index is 11.8. The fourth-order valence-electron chi connectivity index (χ4n) is 2.31. The van der Waals surface area contributed by atoms with Gasteiger partial charge in [0.25, 0.3) is 0 Å². The van der Waals surface area contributed by atoms with E-state index in [-0.39, 0.29) is 4.90 Å². The normalized spacial score (nSPS) is 11.3. The SMILES string of the molecule is COC(=O)c1cc(Nc2ccc(S(N)(=O)=O)cc2)c2cncnc2c1. The Balaban J connectivity index is 2.04. The van der Waals surface area contributed by atoms with Crippen LogP contribution in [0.4, 0.5) is 11.4 Å². The lowest BCUT2D eigenvalue weighted by molar-refractivity contribution is 0.0601. The molecule has 1 aromatic heterocycles. The molecule has 128 valence electrons. The molecule has 0 saturated carbocycles. The molecule has 0 saturated heterocycles. The summed E-state index contributed by atoms with van der Waals surface area (Å²) in [6.07, 6.45) is 3.00. The number of primary sulfonamides is 1. The van der Waals surface area contributed by atoms with Crippen molar-refractivity contribution in [2.45, 2.75) is 4.90 Å². The molecule has 0 radical (unpaired) electrons. The maximum absolute atomic E-state index is 11.8. The Bertz CT molecular complexity index is 1050. The third kappa shape index (κ3) is 3.57. The van der Waals surface area contributed by atoms with Crippen molar-refractivity contribution in [1.29, 1.82) is 0 Å². The molecule has 2 aromatic carbocycles. The molecule has 0 fully saturated rings. The molecule has 9 heteroatoms. The number of hydrogen-bond donors (Lipinski definition) is 2. The van der Waals surface area contributed by atoms with Crippen LogP contribution in [0.25, 0.3) is 10.9 Å². The molecule has 3 N–H and O–H groups in total. The largest absolute Gasteiger partial charge is 0.465 e. The van der Waals surface area contributed by atoms with Crippen molar-refractivity contribution in [3.8, 4) is 0 Å². The van der Waals surface area contributed by atoms with Crippen molar-refractivity contribution < 1.29 is 17.9 Å². The molecule has 0 aliphatic rings. The zero-order valence-electron chi connectivity index (χ0n) is 13.1. The molecular formula is C16H14N4O4S. The minimum atomic E-state index is -3.76. The van der Waals surface area contributed by atoms with Gasteiger partial charge in [-0.25, -0.2) is 28.3 Å². The first kappa shape index (κ1) is 16.8. The molecule has 0 unspecified atom stereocenters. The van der Waals surface area contributed by atoms with Gasteiger partial charge in [0, 0.05) is 17.3 Å². The number of methoxy groups -OCH3 is 1. The fourth-order valence-corrected chi connectivity index (χ4v) is 2.82. The monoisotopic (exact) mass is 358 g/mol. The second kappa shape index (κ2) is 6.46. The van der Waals surface area contributed by atoms with Crippen LogP contribution in [-0.2, 0) is 14.8 Å². The van der Waals surface area contributed by atoms with Gasteiger partial charge < -0.3 is 10.1 Å². The molecule has 0 bridgehead atoms. The summed E-state index contributed by atoms with van der Waals surface area (Å²) < 4.78 is 27.4. The molecule has 3 rings (SSSR count). The average molecular weight is 358 g/mol. The third-order valence-corrected chi connectivity index (χ3v) is 4.44. The number of nitrogens with one attached hydrogen (secondary N) is 1. The standard InChI is InChI=1S/C16H14N4O4S/c1-24-16(21)10-6-14-13(8-18-9-19-14)15(7-10)20-11-2-4-12(5-3-11)25(17,22)23/h2-9,20H,1H3,(H2,17,22,23). The van der Waals surface area contributed by atoms with Crippen LogP contribution in [0.2, 0.25) is 0 Å². The first-order chi connectivity index (χ1) is 11.9. The first-order valence-electron chi connectivity index (χ1n) is 7.10. The predicted molar refractivity (Wildman–Crippen MR) is 92.0 cm³/mol. The fraction of sp³-hybridized carbons (Fsp3) is 0.0625. The summed E-state index contributed by atoms with van der Waals surface area (Å²) in [6.45, 7) is 0. The highest BCUT2D eigenvalue weighted by molar-refractivity contribution is 7.89. The van der Waals surface area contributed by atoms with Crippen LogP contribution >= 0.6 is 0 Å². The molecular weight excluding hydrogens is 344 g/mol. The van der Waals surface area contributed by atoms with Crippen molar-refractivity contribution in [3.05, 3.63) is 54.5 Å². The van der Waals surface area contributed by atoms with E-state index in [1.165, 1.54) is 25.6 Å². The molecule has 1 heterocycles. The Morgan fingerprint density at radius 3 is 2.56 bits per heavy atom. The van der Waals surface area contributed by atoms with Gasteiger partial charge in [0.1, 0.15) is 6.33 Å². The lowest BCUT2D eigenvalue weighted by Crippen LogP contribution is -2.11. The van der Waals surface area contributed by atoms with Gasteiger partial charge in [0.15, 0.2) is 0 Å². The summed E-state index contributed by atoms with van der Waals surface area (Å²) in [4.78, 5) is 20.0. The number of carbonyl (C=O) groups excluding carboxylic acids is 1. The number of benzene rings is 2. The van der Waals surface area contributed by atoms with Crippen molar-refractivity contribution >= 4 is 38.3 Å². The molecule has 8 nitrogen and oxygen atoms in total. The minimum absolute atomic E-state index is 0.00885. The highest BCUT2D eigenvalue weighted by Gasteiger charge is 2.12. The summed E-state index contributed by atoms with van der Waals surface area (Å²) in [5.41, 5.74) is 2.10. The van der Waals surface area contributed by atoms with Gasteiger partial charge >= 0.3 is 5.97 Å². The van der Waals surface area contributed by atoms with E-state index in [1.54, 1.807) is 30.5 Å². The summed E-state index contributed by atoms with van der Waals surface area (Å²) >= 11 is 0. The maximum Gasteiger partial charge on any atom is 0.338 e.